The second-order valence-electron chi connectivity index (χ2n) is 17.8. The van der Waals surface area contributed by atoms with E-state index in [1.165, 1.54) is 49.2 Å². The number of aromatic nitrogens is 3. The molecule has 0 unspecified atom stereocenters. The molecule has 276 valence electrons. The lowest BCUT2D eigenvalue weighted by Gasteiger charge is -2.42. The Morgan fingerprint density at radius 3 is 1.78 bits per heavy atom. The first-order valence-corrected chi connectivity index (χ1v) is 21.5. The summed E-state index contributed by atoms with van der Waals surface area (Å²) in [6.07, 6.45) is 1.96. The minimum Gasteiger partial charge on any atom is -0.310 e. The maximum Gasteiger partial charge on any atom is 0.201 e. The monoisotopic (exact) mass is 736 g/mol. The number of hydrogen-bond donors (Lipinski definition) is 1. The fourth-order valence-electron chi connectivity index (χ4n) is 8.57. The predicted octanol–water partition coefficient (Wildman–Crippen LogP) is 9.86. The average Bonchev–Trinajstić information content (AvgIpc) is 3.62. The number of hydrogen-bond acceptors (Lipinski definition) is 3. The van der Waals surface area contributed by atoms with Crippen LogP contribution in [0.5, 0.6) is 0 Å². The van der Waals surface area contributed by atoms with Crippen LogP contribution in [0, 0.1) is 6.92 Å². The van der Waals surface area contributed by atoms with Gasteiger partial charge in [-0.1, -0.05) is 152 Å². The Labute approximate surface area is 328 Å². The normalized spacial score (nSPS) is 14.0. The van der Waals surface area contributed by atoms with Crippen molar-refractivity contribution in [3.8, 4) is 11.3 Å². The Morgan fingerprint density at radius 1 is 0.582 bits per heavy atom. The lowest BCUT2D eigenvalue weighted by molar-refractivity contribution is 0.590. The smallest absolute Gasteiger partial charge is 0.201 e. The molecule has 2 aromatic heterocycles. The standard InChI is InChI=1S/C50H52N4Si/c1-34-31-44(53-52-34)35-20-29-43-46(32-35)54(45-18-11-10-17-42(45)50(43,8)9)38-15-14-16-41(33-38)55(47-19-12-13-30-51-47,39-25-21-36(22-26-39)48(2,3)4)40-27-23-37(24-28-40)49(5,6)7/h10-33H,1-9H3,(H,52,53). The van der Waals surface area contributed by atoms with Gasteiger partial charge in [0.15, 0.2) is 0 Å². The van der Waals surface area contributed by atoms with E-state index in [1.54, 1.807) is 0 Å². The Bertz CT molecular complexity index is 2420. The van der Waals surface area contributed by atoms with Gasteiger partial charge >= 0.3 is 0 Å². The third-order valence-electron chi connectivity index (χ3n) is 11.7. The molecule has 0 fully saturated rings. The van der Waals surface area contributed by atoms with Gasteiger partial charge in [-0.05, 0) is 98.0 Å². The zero-order valence-electron chi connectivity index (χ0n) is 33.7. The zero-order chi connectivity index (χ0) is 38.8. The van der Waals surface area contributed by atoms with E-state index < -0.39 is 8.07 Å². The summed E-state index contributed by atoms with van der Waals surface area (Å²) in [4.78, 5) is 7.72. The van der Waals surface area contributed by atoms with E-state index in [-0.39, 0.29) is 16.2 Å². The van der Waals surface area contributed by atoms with Gasteiger partial charge in [-0.3, -0.25) is 10.1 Å². The molecule has 0 spiro atoms. The highest BCUT2D eigenvalue weighted by molar-refractivity contribution is 7.19. The highest BCUT2D eigenvalue weighted by Gasteiger charge is 2.44. The van der Waals surface area contributed by atoms with Crippen LogP contribution in [-0.4, -0.2) is 23.3 Å². The van der Waals surface area contributed by atoms with Crippen molar-refractivity contribution >= 4 is 46.0 Å². The van der Waals surface area contributed by atoms with Crippen molar-refractivity contribution in [2.45, 2.75) is 78.6 Å². The van der Waals surface area contributed by atoms with Crippen LogP contribution in [0.25, 0.3) is 11.3 Å². The maximum absolute atomic E-state index is 5.24. The van der Waals surface area contributed by atoms with E-state index >= 15 is 0 Å². The molecule has 0 saturated carbocycles. The lowest BCUT2D eigenvalue weighted by atomic mass is 9.73. The quantitative estimate of drug-likeness (QED) is 0.137. The number of rotatable bonds is 6. The largest absolute Gasteiger partial charge is 0.310 e. The van der Waals surface area contributed by atoms with Crippen molar-refractivity contribution < 1.29 is 0 Å². The van der Waals surface area contributed by atoms with E-state index in [0.29, 0.717) is 0 Å². The van der Waals surface area contributed by atoms with Gasteiger partial charge in [0.05, 0.1) is 17.1 Å². The van der Waals surface area contributed by atoms with Crippen LogP contribution < -0.4 is 25.8 Å². The molecule has 0 atom stereocenters. The van der Waals surface area contributed by atoms with Crippen molar-refractivity contribution in [3.05, 3.63) is 174 Å². The summed E-state index contributed by atoms with van der Waals surface area (Å²) in [6.45, 7) is 20.5. The van der Waals surface area contributed by atoms with Gasteiger partial charge in [0, 0.05) is 33.9 Å². The molecule has 1 aliphatic heterocycles. The van der Waals surface area contributed by atoms with Crippen LogP contribution in [-0.2, 0) is 16.2 Å². The van der Waals surface area contributed by atoms with Crippen LogP contribution in [0.4, 0.5) is 17.1 Å². The molecular weight excluding hydrogens is 685 g/mol. The summed E-state index contributed by atoms with van der Waals surface area (Å²) in [5.41, 5.74) is 11.7. The molecule has 8 rings (SSSR count). The lowest BCUT2D eigenvalue weighted by Crippen LogP contribution is -2.75. The minimum atomic E-state index is -2.98. The van der Waals surface area contributed by atoms with Crippen molar-refractivity contribution in [2.24, 2.45) is 0 Å². The van der Waals surface area contributed by atoms with Gasteiger partial charge < -0.3 is 4.90 Å². The third-order valence-corrected chi connectivity index (χ3v) is 16.3. The van der Waals surface area contributed by atoms with E-state index in [1.807, 2.05) is 12.3 Å². The van der Waals surface area contributed by atoms with Gasteiger partial charge in [0.2, 0.25) is 8.07 Å². The molecule has 5 aromatic carbocycles. The van der Waals surface area contributed by atoms with Gasteiger partial charge in [0.1, 0.15) is 0 Å². The first kappa shape index (κ1) is 36.5. The number of aromatic amines is 1. The Balaban J connectivity index is 1.41. The number of benzene rings is 5. The molecule has 0 bridgehead atoms. The van der Waals surface area contributed by atoms with E-state index in [9.17, 15) is 0 Å². The Morgan fingerprint density at radius 2 is 1.20 bits per heavy atom. The summed E-state index contributed by atoms with van der Waals surface area (Å²) < 4.78 is 0. The number of aryl methyl sites for hydroxylation is 1. The minimum absolute atomic E-state index is 0.0400. The molecule has 7 aromatic rings. The fraction of sp³-hybridized carbons (Fsp3) is 0.240. The van der Waals surface area contributed by atoms with Crippen molar-refractivity contribution in [3.63, 3.8) is 0 Å². The molecule has 5 heteroatoms. The molecule has 0 saturated heterocycles. The highest BCUT2D eigenvalue weighted by Crippen LogP contribution is 2.52. The number of fused-ring (bicyclic) bond motifs is 2. The number of nitrogens with one attached hydrogen (secondary N) is 1. The second-order valence-corrected chi connectivity index (χ2v) is 21.6. The summed E-state index contributed by atoms with van der Waals surface area (Å²) in [6, 6.07) is 52.6. The highest BCUT2D eigenvalue weighted by atomic mass is 28.3. The second kappa shape index (κ2) is 13.3. The molecule has 1 N–H and O–H groups in total. The molecule has 0 aliphatic carbocycles. The van der Waals surface area contributed by atoms with Crippen LogP contribution in [0.3, 0.4) is 0 Å². The van der Waals surface area contributed by atoms with E-state index in [0.717, 1.165) is 28.0 Å². The number of pyridine rings is 1. The molecule has 0 amide bonds. The molecular formula is C50H52N4Si. The SMILES string of the molecule is Cc1cc(-c2ccc3c(c2)N(c2cccc([Si](c4ccc(C(C)(C)C)cc4)(c4ccc(C(C)(C)C)cc4)c4ccccn4)c2)c2ccccc2C3(C)C)n[nH]1. The topological polar surface area (TPSA) is 44.8 Å². The molecule has 55 heavy (non-hydrogen) atoms. The van der Waals surface area contributed by atoms with Gasteiger partial charge in [-0.25, -0.2) is 0 Å². The molecule has 0 radical (unpaired) electrons. The summed E-state index contributed by atoms with van der Waals surface area (Å²) in [7, 11) is -2.98. The van der Waals surface area contributed by atoms with Crippen molar-refractivity contribution in [1.82, 2.24) is 15.2 Å². The average molecular weight is 737 g/mol. The van der Waals surface area contributed by atoms with Gasteiger partial charge in [-0.15, -0.1) is 0 Å². The molecule has 1 aliphatic rings. The maximum atomic E-state index is 5.24. The zero-order valence-corrected chi connectivity index (χ0v) is 34.7. The fourth-order valence-corrected chi connectivity index (χ4v) is 13.1. The predicted molar refractivity (Wildman–Crippen MR) is 234 cm³/mol. The summed E-state index contributed by atoms with van der Waals surface area (Å²) in [5, 5.41) is 12.9. The summed E-state index contributed by atoms with van der Waals surface area (Å²) in [5.74, 6) is 0. The van der Waals surface area contributed by atoms with Gasteiger partial charge in [0.25, 0.3) is 0 Å². The van der Waals surface area contributed by atoms with Gasteiger partial charge in [-0.2, -0.15) is 5.10 Å². The molecule has 3 heterocycles. The van der Waals surface area contributed by atoms with Crippen LogP contribution >= 0.6 is 0 Å². The Hall–Kier alpha value is -5.52. The van der Waals surface area contributed by atoms with Crippen LogP contribution in [0.1, 0.15) is 83.3 Å². The van der Waals surface area contributed by atoms with E-state index in [4.69, 9.17) is 4.98 Å². The first-order chi connectivity index (χ1) is 26.2. The number of para-hydroxylation sites is 1. The van der Waals surface area contributed by atoms with Crippen LogP contribution in [0.2, 0.25) is 0 Å². The van der Waals surface area contributed by atoms with Crippen molar-refractivity contribution in [2.75, 3.05) is 4.90 Å². The van der Waals surface area contributed by atoms with E-state index in [2.05, 4.69) is 211 Å². The third kappa shape index (κ3) is 6.25. The first-order valence-electron chi connectivity index (χ1n) is 19.5. The number of anilines is 3. The molecule has 4 nitrogen and oxygen atoms in total. The van der Waals surface area contributed by atoms with Crippen LogP contribution in [0.15, 0.2) is 146 Å². The number of nitrogens with zero attached hydrogens (tertiary/aromatic N) is 3. The van der Waals surface area contributed by atoms with Crippen molar-refractivity contribution in [1.29, 1.82) is 0 Å². The number of H-pyrrole nitrogens is 1. The summed E-state index contributed by atoms with van der Waals surface area (Å²) >= 11 is 0. The Kier molecular flexibility index (Phi) is 8.85.